The lowest BCUT2D eigenvalue weighted by atomic mass is 9.87. The smallest absolute Gasteiger partial charge is 0.231 e. The van der Waals surface area contributed by atoms with Gasteiger partial charge in [-0.3, -0.25) is 4.79 Å². The fourth-order valence-electron chi connectivity index (χ4n) is 5.00. The second kappa shape index (κ2) is 10.9. The largest absolute Gasteiger partial charge is 0.493 e. The Morgan fingerprint density at radius 3 is 2.68 bits per heavy atom. The molecule has 1 amide bonds. The zero-order valence-electron chi connectivity index (χ0n) is 21.4. The van der Waals surface area contributed by atoms with Crippen molar-refractivity contribution in [3.05, 3.63) is 83.0 Å². The summed E-state index contributed by atoms with van der Waals surface area (Å²) in [6.07, 6.45) is 3.97. The van der Waals surface area contributed by atoms with Crippen molar-refractivity contribution < 1.29 is 23.7 Å². The van der Waals surface area contributed by atoms with Gasteiger partial charge in [-0.05, 0) is 59.4 Å². The molecule has 1 atom stereocenters. The molecule has 0 radical (unpaired) electrons. The minimum absolute atomic E-state index is 0.0101. The first-order valence-corrected chi connectivity index (χ1v) is 12.6. The minimum Gasteiger partial charge on any atom is -0.493 e. The molecule has 2 heterocycles. The maximum atomic E-state index is 13.2. The highest BCUT2D eigenvalue weighted by Gasteiger charge is 2.24. The third-order valence-electron chi connectivity index (χ3n) is 6.96. The fraction of sp³-hybridized carbons (Fsp3) is 0.300. The lowest BCUT2D eigenvalue weighted by Gasteiger charge is -2.18. The Labute approximate surface area is 216 Å². The third kappa shape index (κ3) is 5.07. The van der Waals surface area contributed by atoms with Crippen LogP contribution in [0.1, 0.15) is 41.5 Å². The molecule has 1 aliphatic heterocycles. The predicted molar refractivity (Wildman–Crippen MR) is 143 cm³/mol. The lowest BCUT2D eigenvalue weighted by molar-refractivity contribution is -0.121. The second-order valence-electron chi connectivity index (χ2n) is 9.10. The van der Waals surface area contributed by atoms with Crippen LogP contribution in [0.15, 0.2) is 60.8 Å². The number of aromatic nitrogens is 1. The lowest BCUT2D eigenvalue weighted by Crippen LogP contribution is -2.27. The van der Waals surface area contributed by atoms with Gasteiger partial charge in [-0.15, -0.1) is 0 Å². The first-order valence-electron chi connectivity index (χ1n) is 12.6. The number of hydrogen-bond donors (Lipinski definition) is 2. The number of H-pyrrole nitrogens is 1. The molecule has 1 aliphatic rings. The molecule has 192 valence electrons. The highest BCUT2D eigenvalue weighted by atomic mass is 16.7. The van der Waals surface area contributed by atoms with Gasteiger partial charge in [0.05, 0.1) is 14.2 Å². The van der Waals surface area contributed by atoms with E-state index in [1.165, 1.54) is 5.56 Å². The van der Waals surface area contributed by atoms with Crippen molar-refractivity contribution in [1.82, 2.24) is 10.3 Å². The van der Waals surface area contributed by atoms with Crippen LogP contribution in [0.5, 0.6) is 23.0 Å². The van der Waals surface area contributed by atoms with Crippen molar-refractivity contribution in [2.24, 2.45) is 0 Å². The van der Waals surface area contributed by atoms with Gasteiger partial charge >= 0.3 is 0 Å². The summed E-state index contributed by atoms with van der Waals surface area (Å²) in [5, 5.41) is 4.24. The minimum atomic E-state index is -0.142. The molecule has 1 aromatic heterocycles. The maximum absolute atomic E-state index is 13.2. The number of methoxy groups -OCH3 is 2. The van der Waals surface area contributed by atoms with Crippen LogP contribution in [0.3, 0.4) is 0 Å². The van der Waals surface area contributed by atoms with Crippen molar-refractivity contribution in [3.63, 3.8) is 0 Å². The Balaban J connectivity index is 1.36. The molecule has 0 unspecified atom stereocenters. The maximum Gasteiger partial charge on any atom is 0.231 e. The Bertz CT molecular complexity index is 1410. The molecule has 0 saturated carbocycles. The predicted octanol–water partition coefficient (Wildman–Crippen LogP) is 5.36. The van der Waals surface area contributed by atoms with Crippen LogP contribution in [-0.2, 0) is 17.6 Å². The van der Waals surface area contributed by atoms with E-state index in [9.17, 15) is 4.79 Å². The highest BCUT2D eigenvalue weighted by molar-refractivity contribution is 5.88. The summed E-state index contributed by atoms with van der Waals surface area (Å²) < 4.78 is 21.9. The Morgan fingerprint density at radius 1 is 1.03 bits per heavy atom. The number of fused-ring (bicyclic) bond motifs is 2. The van der Waals surface area contributed by atoms with Gasteiger partial charge in [0.1, 0.15) is 0 Å². The Hall–Kier alpha value is -4.13. The number of benzene rings is 3. The van der Waals surface area contributed by atoms with Crippen molar-refractivity contribution in [3.8, 4) is 23.0 Å². The van der Waals surface area contributed by atoms with E-state index in [1.54, 1.807) is 14.2 Å². The molecule has 3 aromatic carbocycles. The number of aromatic amines is 1. The van der Waals surface area contributed by atoms with Gasteiger partial charge in [-0.25, -0.2) is 0 Å². The SMILES string of the molecule is CCc1cccc2c([C@@H](CC(=O)NCCc3ccc(OC)c(OC)c3)c3ccc4c(c3)OCO4)c[nH]c12. The van der Waals surface area contributed by atoms with E-state index < -0.39 is 0 Å². The quantitative estimate of drug-likeness (QED) is 0.307. The van der Waals surface area contributed by atoms with E-state index in [0.717, 1.165) is 39.8 Å². The molecule has 2 N–H and O–H groups in total. The highest BCUT2D eigenvalue weighted by Crippen LogP contribution is 2.40. The van der Waals surface area contributed by atoms with E-state index in [1.807, 2.05) is 42.6 Å². The number of carbonyl (C=O) groups is 1. The van der Waals surface area contributed by atoms with Crippen molar-refractivity contribution >= 4 is 16.8 Å². The molecule has 0 fully saturated rings. The summed E-state index contributed by atoms with van der Waals surface area (Å²) >= 11 is 0. The molecule has 4 aromatic rings. The fourth-order valence-corrected chi connectivity index (χ4v) is 5.00. The molecule has 0 spiro atoms. The van der Waals surface area contributed by atoms with Crippen molar-refractivity contribution in [2.75, 3.05) is 27.6 Å². The first kappa shape index (κ1) is 24.6. The monoisotopic (exact) mass is 500 g/mol. The van der Waals surface area contributed by atoms with Gasteiger partial charge in [0.15, 0.2) is 23.0 Å². The summed E-state index contributed by atoms with van der Waals surface area (Å²) in [5.41, 5.74) is 5.56. The van der Waals surface area contributed by atoms with E-state index in [-0.39, 0.29) is 18.6 Å². The number of rotatable bonds is 10. The molecule has 5 rings (SSSR count). The number of ether oxygens (including phenoxy) is 4. The summed E-state index contributed by atoms with van der Waals surface area (Å²) in [5.74, 6) is 2.66. The standard InChI is InChI=1S/C30H32N2O5/c1-4-20-6-5-7-22-24(17-32-30(20)22)23(21-9-11-26-28(15-21)37-18-36-26)16-29(33)31-13-12-19-8-10-25(34-2)27(14-19)35-3/h5-11,14-15,17,23,32H,4,12-13,16,18H2,1-3H3,(H,31,33)/t23-/m0/s1. The molecule has 7 nitrogen and oxygen atoms in total. The van der Waals surface area contributed by atoms with Gasteiger partial charge in [0.25, 0.3) is 0 Å². The number of aryl methyl sites for hydroxylation is 1. The average molecular weight is 501 g/mol. The van der Waals surface area contributed by atoms with Crippen molar-refractivity contribution in [2.45, 2.75) is 32.1 Å². The molecule has 7 heteroatoms. The van der Waals surface area contributed by atoms with Gasteiger partial charge in [-0.1, -0.05) is 37.3 Å². The topological polar surface area (TPSA) is 81.8 Å². The second-order valence-corrected chi connectivity index (χ2v) is 9.10. The number of amides is 1. The van der Waals surface area contributed by atoms with E-state index in [0.29, 0.717) is 36.6 Å². The van der Waals surface area contributed by atoms with Crippen LogP contribution in [0, 0.1) is 0 Å². The van der Waals surface area contributed by atoms with Crippen LogP contribution in [-0.4, -0.2) is 38.4 Å². The van der Waals surface area contributed by atoms with Crippen molar-refractivity contribution in [1.29, 1.82) is 0 Å². The van der Waals surface area contributed by atoms with E-state index in [2.05, 4.69) is 35.4 Å². The summed E-state index contributed by atoms with van der Waals surface area (Å²) in [4.78, 5) is 16.7. The molecule has 0 bridgehead atoms. The number of hydrogen-bond acceptors (Lipinski definition) is 5. The van der Waals surface area contributed by atoms with E-state index in [4.69, 9.17) is 18.9 Å². The molecule has 37 heavy (non-hydrogen) atoms. The van der Waals surface area contributed by atoms with Crippen LogP contribution < -0.4 is 24.3 Å². The molecular weight excluding hydrogens is 468 g/mol. The molecular formula is C30H32N2O5. The number of para-hydroxylation sites is 1. The summed E-state index contributed by atoms with van der Waals surface area (Å²) in [7, 11) is 3.24. The summed E-state index contributed by atoms with van der Waals surface area (Å²) in [6.45, 7) is 2.89. The zero-order chi connectivity index (χ0) is 25.8. The van der Waals surface area contributed by atoms with Crippen LogP contribution in [0.4, 0.5) is 0 Å². The molecule has 0 saturated heterocycles. The average Bonchev–Trinajstić information content (AvgIpc) is 3.58. The van der Waals surface area contributed by atoms with Crippen LogP contribution in [0.25, 0.3) is 10.9 Å². The van der Waals surface area contributed by atoms with Crippen LogP contribution in [0.2, 0.25) is 0 Å². The van der Waals surface area contributed by atoms with E-state index >= 15 is 0 Å². The normalized spacial score (nSPS) is 12.9. The third-order valence-corrected chi connectivity index (χ3v) is 6.96. The number of nitrogens with one attached hydrogen (secondary N) is 2. The van der Waals surface area contributed by atoms with Gasteiger partial charge in [-0.2, -0.15) is 0 Å². The molecule has 0 aliphatic carbocycles. The Morgan fingerprint density at radius 2 is 1.86 bits per heavy atom. The van der Waals surface area contributed by atoms with Crippen LogP contribution >= 0.6 is 0 Å². The van der Waals surface area contributed by atoms with Gasteiger partial charge in [0, 0.05) is 36.0 Å². The Kier molecular flexibility index (Phi) is 7.21. The number of carbonyl (C=O) groups excluding carboxylic acids is 1. The summed E-state index contributed by atoms with van der Waals surface area (Å²) in [6, 6.07) is 18.1. The van der Waals surface area contributed by atoms with Gasteiger partial charge in [0.2, 0.25) is 12.7 Å². The zero-order valence-corrected chi connectivity index (χ0v) is 21.4. The first-order chi connectivity index (χ1) is 18.1. The van der Waals surface area contributed by atoms with Gasteiger partial charge < -0.3 is 29.2 Å².